The number of aryl methyl sites for hydroxylation is 1. The van der Waals surface area contributed by atoms with Gasteiger partial charge in [0.15, 0.2) is 0 Å². The van der Waals surface area contributed by atoms with Crippen molar-refractivity contribution in [3.8, 4) is 22.5 Å². The SMILES string of the molecule is CCn1c(-c2cccnc2[C@H](C)OC)c2c3cc(ccc31)-c1csc(n1)C[C@H](NC(=O)C(C(C)C)N(C)C(=O)N1[C@@H](C)CN(C)C[C@@H]1C)C(=O)N1CCC[C@H](N1)C(=O)OCC(C)(C)C2. The highest BCUT2D eigenvalue weighted by molar-refractivity contribution is 7.10. The molecule has 0 radical (unpaired) electrons. The van der Waals surface area contributed by atoms with E-state index in [0.29, 0.717) is 37.4 Å². The van der Waals surface area contributed by atoms with Crippen LogP contribution >= 0.6 is 11.3 Å². The average molecular weight is 898 g/mol. The van der Waals surface area contributed by atoms with Crippen LogP contribution in [0.1, 0.15) is 90.6 Å². The van der Waals surface area contributed by atoms with Gasteiger partial charge in [0.2, 0.25) is 5.91 Å². The highest BCUT2D eigenvalue weighted by Gasteiger charge is 2.41. The zero-order valence-electron chi connectivity index (χ0n) is 39.4. The van der Waals surface area contributed by atoms with Gasteiger partial charge in [0.1, 0.15) is 18.1 Å². The van der Waals surface area contributed by atoms with Gasteiger partial charge in [-0.1, -0.05) is 33.8 Å². The van der Waals surface area contributed by atoms with Crippen molar-refractivity contribution in [3.05, 3.63) is 58.2 Å². The topological polar surface area (TPSA) is 154 Å². The molecule has 64 heavy (non-hydrogen) atoms. The monoisotopic (exact) mass is 897 g/mol. The van der Waals surface area contributed by atoms with E-state index in [1.54, 1.807) is 20.4 Å². The highest BCUT2D eigenvalue weighted by Crippen LogP contribution is 2.42. The Morgan fingerprint density at radius 1 is 1.12 bits per heavy atom. The van der Waals surface area contributed by atoms with Crippen LogP contribution in [0.5, 0.6) is 0 Å². The van der Waals surface area contributed by atoms with Gasteiger partial charge in [-0.05, 0) is 89.8 Å². The van der Waals surface area contributed by atoms with Gasteiger partial charge in [-0.2, -0.15) is 0 Å². The van der Waals surface area contributed by atoms with Crippen molar-refractivity contribution in [3.63, 3.8) is 0 Å². The molecule has 16 heteroatoms. The number of hydrogen-bond acceptors (Lipinski definition) is 11. The van der Waals surface area contributed by atoms with E-state index in [1.165, 1.54) is 21.2 Å². The van der Waals surface area contributed by atoms with Crippen LogP contribution in [0.2, 0.25) is 0 Å². The number of esters is 1. The number of hydrogen-bond donors (Lipinski definition) is 2. The first-order valence-corrected chi connectivity index (χ1v) is 23.7. The van der Waals surface area contributed by atoms with E-state index >= 15 is 0 Å². The molecule has 0 aliphatic carbocycles. The minimum absolute atomic E-state index is 0.0439. The molecular weight excluding hydrogens is 831 g/mol. The Bertz CT molecular complexity index is 2350. The summed E-state index contributed by atoms with van der Waals surface area (Å²) in [5.74, 6) is -1.52. The Labute approximate surface area is 381 Å². The minimum atomic E-state index is -1.05. The summed E-state index contributed by atoms with van der Waals surface area (Å²) in [6.45, 7) is 18.9. The maximum absolute atomic E-state index is 14.6. The number of benzene rings is 1. The number of carbonyl (C=O) groups is 4. The van der Waals surface area contributed by atoms with Gasteiger partial charge in [-0.25, -0.2) is 15.2 Å². The third-order valence-corrected chi connectivity index (χ3v) is 14.0. The number of cyclic esters (lactones) is 1. The third-order valence-electron chi connectivity index (χ3n) is 13.1. The number of nitrogens with zero attached hydrogens (tertiary/aromatic N) is 7. The Morgan fingerprint density at radius 2 is 1.86 bits per heavy atom. The number of hydrazine groups is 1. The summed E-state index contributed by atoms with van der Waals surface area (Å²) < 4.78 is 14.3. The smallest absolute Gasteiger partial charge is 0.324 e. The number of piperazine rings is 1. The summed E-state index contributed by atoms with van der Waals surface area (Å²) in [6.07, 6.45) is 3.30. The molecule has 1 unspecified atom stereocenters. The number of urea groups is 1. The van der Waals surface area contributed by atoms with Gasteiger partial charge < -0.3 is 34.1 Å². The lowest BCUT2D eigenvalue weighted by atomic mass is 9.84. The number of rotatable bonds is 8. The van der Waals surface area contributed by atoms with Crippen molar-refractivity contribution in [2.24, 2.45) is 11.3 Å². The van der Waals surface area contributed by atoms with Crippen LogP contribution in [0.15, 0.2) is 41.9 Å². The van der Waals surface area contributed by atoms with Crippen LogP contribution < -0.4 is 10.7 Å². The van der Waals surface area contributed by atoms with Crippen LogP contribution in [0.3, 0.4) is 0 Å². The number of amides is 4. The first kappa shape index (κ1) is 47.1. The number of fused-ring (bicyclic) bond motifs is 6. The Balaban J connectivity index is 1.28. The van der Waals surface area contributed by atoms with Crippen LogP contribution in [0.4, 0.5) is 4.79 Å². The number of likely N-dealkylation sites (N-methyl/N-ethyl adjacent to an activating group) is 2. The second-order valence-corrected chi connectivity index (χ2v) is 20.1. The number of nitrogens with one attached hydrogen (secondary N) is 2. The summed E-state index contributed by atoms with van der Waals surface area (Å²) in [6, 6.07) is 7.49. The Hall–Kier alpha value is -4.90. The number of aromatic nitrogens is 3. The van der Waals surface area contributed by atoms with E-state index in [9.17, 15) is 19.2 Å². The van der Waals surface area contributed by atoms with E-state index in [0.717, 1.165) is 57.8 Å². The fourth-order valence-electron chi connectivity index (χ4n) is 10.0. The zero-order valence-corrected chi connectivity index (χ0v) is 40.3. The molecule has 4 aromatic rings. The third kappa shape index (κ3) is 9.56. The van der Waals surface area contributed by atoms with E-state index in [1.807, 2.05) is 58.0 Å². The molecule has 3 aliphatic rings. The lowest BCUT2D eigenvalue weighted by Gasteiger charge is -2.46. The summed E-state index contributed by atoms with van der Waals surface area (Å²) in [4.78, 5) is 72.7. The van der Waals surface area contributed by atoms with Crippen molar-refractivity contribution >= 4 is 46.1 Å². The molecular formula is C48H67N9O6S. The molecule has 0 spiro atoms. The van der Waals surface area contributed by atoms with Crippen LogP contribution in [0, 0.1) is 11.3 Å². The second-order valence-electron chi connectivity index (χ2n) is 19.2. The summed E-state index contributed by atoms with van der Waals surface area (Å²) >= 11 is 1.43. The predicted molar refractivity (Wildman–Crippen MR) is 249 cm³/mol. The number of methoxy groups -OCH3 is 1. The largest absolute Gasteiger partial charge is 0.464 e. The number of carbonyl (C=O) groups excluding carboxylic acids is 4. The van der Waals surface area contributed by atoms with E-state index in [-0.39, 0.29) is 49.1 Å². The summed E-state index contributed by atoms with van der Waals surface area (Å²) in [7, 11) is 5.41. The van der Waals surface area contributed by atoms with Crippen molar-refractivity contribution in [2.75, 3.05) is 47.4 Å². The number of ether oxygens (including phenoxy) is 2. The van der Waals surface area contributed by atoms with Crippen molar-refractivity contribution < 1.29 is 28.7 Å². The summed E-state index contributed by atoms with van der Waals surface area (Å²) in [5.41, 5.74) is 9.40. The second kappa shape index (κ2) is 19.3. The van der Waals surface area contributed by atoms with E-state index < -0.39 is 35.4 Å². The molecule has 1 aromatic carbocycles. The average Bonchev–Trinajstić information content (AvgIpc) is 3.85. The van der Waals surface area contributed by atoms with Crippen LogP contribution in [-0.4, -0.2) is 136 Å². The molecule has 3 aliphatic heterocycles. The van der Waals surface area contributed by atoms with E-state index in [4.69, 9.17) is 19.4 Å². The lowest BCUT2D eigenvalue weighted by Crippen LogP contribution is -2.64. The molecule has 4 amide bonds. The zero-order chi connectivity index (χ0) is 46.2. The Morgan fingerprint density at radius 3 is 2.55 bits per heavy atom. The lowest BCUT2D eigenvalue weighted by molar-refractivity contribution is -0.155. The molecule has 2 fully saturated rings. The maximum Gasteiger partial charge on any atom is 0.324 e. The molecule has 6 atom stereocenters. The molecule has 2 saturated heterocycles. The van der Waals surface area contributed by atoms with Crippen molar-refractivity contribution in [2.45, 2.75) is 124 Å². The quantitative estimate of drug-likeness (QED) is 0.193. The first-order valence-electron chi connectivity index (χ1n) is 22.8. The van der Waals surface area contributed by atoms with Gasteiger partial charge in [0.05, 0.1) is 34.8 Å². The molecule has 6 bridgehead atoms. The number of thiazole rings is 1. The standard InChI is InChI=1S/C48H67N9O6S/c1-12-55-39-18-17-32-21-34(39)35(43(55)33-15-13-19-49-41(33)31(6)62-11)23-48(7,8)27-63-46(60)36-16-14-20-56(52-36)45(59)37(22-40-50-38(32)26-64-40)51-44(58)42(28(2)3)54(10)47(61)57-29(4)24-53(9)25-30(57)5/h13,15,17-19,21,26,28-31,36-37,42,52H,12,14,16,20,22-25,27H2,1-11H3,(H,51,58)/t29-,30-,31-,36-,37-,42?/m0/s1. The number of pyridine rings is 1. The van der Waals surface area contributed by atoms with Gasteiger partial charge in [0.25, 0.3) is 5.91 Å². The van der Waals surface area contributed by atoms with Gasteiger partial charge >= 0.3 is 12.0 Å². The normalized spacial score (nSPS) is 23.1. The Kier molecular flexibility index (Phi) is 14.2. The van der Waals surface area contributed by atoms with Crippen LogP contribution in [0.25, 0.3) is 33.4 Å². The molecule has 2 N–H and O–H groups in total. The molecule has 15 nitrogen and oxygen atoms in total. The highest BCUT2D eigenvalue weighted by atomic mass is 32.1. The predicted octanol–water partition coefficient (Wildman–Crippen LogP) is 6.30. The summed E-state index contributed by atoms with van der Waals surface area (Å²) in [5, 5.41) is 8.24. The molecule has 3 aromatic heterocycles. The van der Waals surface area contributed by atoms with E-state index in [2.05, 4.69) is 65.2 Å². The molecule has 7 rings (SSSR count). The fourth-order valence-corrected chi connectivity index (χ4v) is 10.9. The maximum atomic E-state index is 14.6. The van der Waals surface area contributed by atoms with Gasteiger partial charge in [-0.3, -0.25) is 24.4 Å². The van der Waals surface area contributed by atoms with Gasteiger partial charge in [0, 0.05) is 97.9 Å². The molecule has 346 valence electrons. The van der Waals surface area contributed by atoms with Crippen LogP contribution in [-0.2, 0) is 43.2 Å². The van der Waals surface area contributed by atoms with Crippen molar-refractivity contribution in [1.29, 1.82) is 0 Å². The first-order chi connectivity index (χ1) is 30.4. The molecule has 0 saturated carbocycles. The minimum Gasteiger partial charge on any atom is -0.464 e. The van der Waals surface area contributed by atoms with Crippen molar-refractivity contribution in [1.82, 2.24) is 45.0 Å². The van der Waals surface area contributed by atoms with Gasteiger partial charge in [-0.15, -0.1) is 11.3 Å². The fraction of sp³-hybridized carbons (Fsp3) is 0.583. The molecule has 6 heterocycles.